The highest BCUT2D eigenvalue weighted by molar-refractivity contribution is 5.14. The molecule has 0 saturated heterocycles. The fraction of sp³-hybridized carbons (Fsp3) is 0.600. The van der Waals surface area contributed by atoms with Gasteiger partial charge in [-0.15, -0.1) is 6.58 Å². The lowest BCUT2D eigenvalue weighted by Gasteiger charge is -2.34. The van der Waals surface area contributed by atoms with Crippen molar-refractivity contribution in [2.75, 3.05) is 6.54 Å². The summed E-state index contributed by atoms with van der Waals surface area (Å²) in [6.45, 7) is 18.2. The lowest BCUT2D eigenvalue weighted by Crippen LogP contribution is -2.43. The molecule has 1 nitrogen and oxygen atoms in total. The fourth-order valence-electron chi connectivity index (χ4n) is 2.46. The Kier molecular flexibility index (Phi) is 9.28. The SMILES string of the molecule is C=CC(C)(C)CC(C)(C)NCCc1ccccc1.CCC. The normalized spacial score (nSPS) is 11.5. The van der Waals surface area contributed by atoms with Crippen LogP contribution in [-0.4, -0.2) is 12.1 Å². The topological polar surface area (TPSA) is 12.0 Å². The number of nitrogens with one attached hydrogen (secondary N) is 1. The molecular formula is C20H35N. The Morgan fingerprint density at radius 1 is 1.05 bits per heavy atom. The second kappa shape index (κ2) is 9.78. The van der Waals surface area contributed by atoms with Crippen LogP contribution < -0.4 is 5.32 Å². The zero-order valence-corrected chi connectivity index (χ0v) is 15.0. The lowest BCUT2D eigenvalue weighted by atomic mass is 9.80. The first-order valence-corrected chi connectivity index (χ1v) is 8.19. The first-order chi connectivity index (χ1) is 9.76. The van der Waals surface area contributed by atoms with Crippen LogP contribution in [0, 0.1) is 5.41 Å². The van der Waals surface area contributed by atoms with Crippen molar-refractivity contribution in [1.29, 1.82) is 0 Å². The highest BCUT2D eigenvalue weighted by Crippen LogP contribution is 2.28. The van der Waals surface area contributed by atoms with E-state index >= 15 is 0 Å². The Hall–Kier alpha value is -1.08. The fourth-order valence-corrected chi connectivity index (χ4v) is 2.46. The molecule has 21 heavy (non-hydrogen) atoms. The maximum atomic E-state index is 3.92. The van der Waals surface area contributed by atoms with Gasteiger partial charge in [-0.25, -0.2) is 0 Å². The monoisotopic (exact) mass is 289 g/mol. The Morgan fingerprint density at radius 3 is 2.05 bits per heavy atom. The number of hydrogen-bond acceptors (Lipinski definition) is 1. The Balaban J connectivity index is 0.00000122. The highest BCUT2D eigenvalue weighted by atomic mass is 14.9. The third kappa shape index (κ3) is 10.3. The summed E-state index contributed by atoms with van der Waals surface area (Å²) in [5.74, 6) is 0. The van der Waals surface area contributed by atoms with Crippen molar-refractivity contribution in [3.05, 3.63) is 48.6 Å². The van der Waals surface area contributed by atoms with E-state index in [0.29, 0.717) is 0 Å². The van der Waals surface area contributed by atoms with Crippen LogP contribution >= 0.6 is 0 Å². The molecule has 0 fully saturated rings. The van der Waals surface area contributed by atoms with E-state index in [0.717, 1.165) is 19.4 Å². The third-order valence-corrected chi connectivity index (χ3v) is 3.31. The van der Waals surface area contributed by atoms with Crippen molar-refractivity contribution in [1.82, 2.24) is 5.32 Å². The molecule has 1 aromatic rings. The van der Waals surface area contributed by atoms with Crippen molar-refractivity contribution >= 4 is 0 Å². The second-order valence-corrected chi connectivity index (χ2v) is 7.12. The van der Waals surface area contributed by atoms with Gasteiger partial charge in [0, 0.05) is 5.54 Å². The molecule has 1 rings (SSSR count). The largest absolute Gasteiger partial charge is 0.311 e. The average molecular weight is 290 g/mol. The first kappa shape index (κ1) is 19.9. The molecule has 0 amide bonds. The maximum Gasteiger partial charge on any atom is 0.0133 e. The van der Waals surface area contributed by atoms with Gasteiger partial charge in [0.25, 0.3) is 0 Å². The van der Waals surface area contributed by atoms with Gasteiger partial charge in [-0.3, -0.25) is 0 Å². The van der Waals surface area contributed by atoms with Gasteiger partial charge >= 0.3 is 0 Å². The van der Waals surface area contributed by atoms with Crippen LogP contribution in [0.3, 0.4) is 0 Å². The average Bonchev–Trinajstić information content (AvgIpc) is 2.39. The van der Waals surface area contributed by atoms with Crippen LogP contribution in [0.5, 0.6) is 0 Å². The van der Waals surface area contributed by atoms with E-state index in [2.05, 4.69) is 83.8 Å². The lowest BCUT2D eigenvalue weighted by molar-refractivity contribution is 0.270. The van der Waals surface area contributed by atoms with Gasteiger partial charge in [0.2, 0.25) is 0 Å². The molecule has 0 aliphatic heterocycles. The van der Waals surface area contributed by atoms with Crippen LogP contribution in [0.4, 0.5) is 0 Å². The molecule has 0 aliphatic rings. The van der Waals surface area contributed by atoms with Crippen molar-refractivity contribution in [3.8, 4) is 0 Å². The van der Waals surface area contributed by atoms with Crippen molar-refractivity contribution in [2.24, 2.45) is 5.41 Å². The first-order valence-electron chi connectivity index (χ1n) is 8.19. The Morgan fingerprint density at radius 2 is 1.57 bits per heavy atom. The van der Waals surface area contributed by atoms with Gasteiger partial charge < -0.3 is 5.32 Å². The summed E-state index contributed by atoms with van der Waals surface area (Å²) < 4.78 is 0. The standard InChI is InChI=1S/C17H27N.C3H8/c1-6-16(2,3)14-17(4,5)18-13-12-15-10-8-7-9-11-15;1-3-2/h6-11,18H,1,12-14H2,2-5H3;3H2,1-2H3. The number of benzene rings is 1. The van der Waals surface area contributed by atoms with E-state index in [1.54, 1.807) is 0 Å². The van der Waals surface area contributed by atoms with Crippen molar-refractivity contribution in [3.63, 3.8) is 0 Å². The minimum atomic E-state index is 0.145. The molecule has 120 valence electrons. The Bertz CT molecular complexity index is 376. The summed E-state index contributed by atoms with van der Waals surface area (Å²) >= 11 is 0. The highest BCUT2D eigenvalue weighted by Gasteiger charge is 2.25. The van der Waals surface area contributed by atoms with Gasteiger partial charge in [-0.05, 0) is 44.2 Å². The van der Waals surface area contributed by atoms with Gasteiger partial charge in [0.05, 0.1) is 0 Å². The van der Waals surface area contributed by atoms with Crippen LogP contribution in [0.25, 0.3) is 0 Å². The van der Waals surface area contributed by atoms with Gasteiger partial charge in [0.1, 0.15) is 0 Å². The predicted molar refractivity (Wildman–Crippen MR) is 96.8 cm³/mol. The second-order valence-electron chi connectivity index (χ2n) is 7.12. The van der Waals surface area contributed by atoms with E-state index in [1.807, 2.05) is 6.08 Å². The zero-order valence-electron chi connectivity index (χ0n) is 15.0. The minimum Gasteiger partial charge on any atom is -0.311 e. The van der Waals surface area contributed by atoms with E-state index in [-0.39, 0.29) is 11.0 Å². The van der Waals surface area contributed by atoms with E-state index in [4.69, 9.17) is 0 Å². The molecule has 1 heteroatoms. The molecule has 0 radical (unpaired) electrons. The predicted octanol–water partition coefficient (Wildman–Crippen LogP) is 5.62. The smallest absolute Gasteiger partial charge is 0.0133 e. The Labute approximate surface area is 132 Å². The van der Waals surface area contributed by atoms with E-state index < -0.39 is 0 Å². The van der Waals surface area contributed by atoms with Crippen molar-refractivity contribution < 1.29 is 0 Å². The van der Waals surface area contributed by atoms with Gasteiger partial charge in [-0.1, -0.05) is 70.5 Å². The molecule has 1 N–H and O–H groups in total. The summed E-state index contributed by atoms with van der Waals surface area (Å²) in [7, 11) is 0. The minimum absolute atomic E-state index is 0.145. The third-order valence-electron chi connectivity index (χ3n) is 3.31. The molecule has 0 atom stereocenters. The summed E-state index contributed by atoms with van der Waals surface area (Å²) in [5.41, 5.74) is 1.72. The molecule has 0 aliphatic carbocycles. The van der Waals surface area contributed by atoms with Crippen LogP contribution in [0.2, 0.25) is 0 Å². The number of hydrogen-bond donors (Lipinski definition) is 1. The zero-order chi connectivity index (χ0) is 16.4. The molecule has 1 aromatic carbocycles. The summed E-state index contributed by atoms with van der Waals surface area (Å²) in [5, 5.41) is 3.65. The van der Waals surface area contributed by atoms with Crippen LogP contribution in [0.15, 0.2) is 43.0 Å². The quantitative estimate of drug-likeness (QED) is 0.643. The molecule has 0 aromatic heterocycles. The summed E-state index contributed by atoms with van der Waals surface area (Å²) in [6.07, 6.45) is 5.48. The van der Waals surface area contributed by atoms with Crippen LogP contribution in [0.1, 0.15) is 59.9 Å². The molecular weight excluding hydrogens is 254 g/mol. The van der Waals surface area contributed by atoms with Crippen LogP contribution in [-0.2, 0) is 6.42 Å². The molecule has 0 spiro atoms. The summed E-state index contributed by atoms with van der Waals surface area (Å²) in [4.78, 5) is 0. The van der Waals surface area contributed by atoms with Gasteiger partial charge in [0.15, 0.2) is 0 Å². The molecule has 0 saturated carbocycles. The van der Waals surface area contributed by atoms with Crippen molar-refractivity contribution in [2.45, 2.75) is 66.3 Å². The molecule has 0 heterocycles. The van der Waals surface area contributed by atoms with E-state index in [9.17, 15) is 0 Å². The number of allylic oxidation sites excluding steroid dienone is 1. The maximum absolute atomic E-state index is 3.92. The number of rotatable bonds is 7. The van der Waals surface area contributed by atoms with E-state index in [1.165, 1.54) is 12.0 Å². The molecule has 0 bridgehead atoms. The summed E-state index contributed by atoms with van der Waals surface area (Å²) in [6, 6.07) is 10.6. The van der Waals surface area contributed by atoms with Gasteiger partial charge in [-0.2, -0.15) is 0 Å². The molecule has 0 unspecified atom stereocenters.